The summed E-state index contributed by atoms with van der Waals surface area (Å²) in [5, 5.41) is 2.99. The molecule has 0 spiro atoms. The summed E-state index contributed by atoms with van der Waals surface area (Å²) in [5.74, 6) is 1.47. The number of piperazine rings is 1. The lowest BCUT2D eigenvalue weighted by Crippen LogP contribution is -2.48. The van der Waals surface area contributed by atoms with Crippen molar-refractivity contribution in [2.24, 2.45) is 0 Å². The van der Waals surface area contributed by atoms with E-state index in [9.17, 15) is 4.79 Å². The van der Waals surface area contributed by atoms with Crippen LogP contribution >= 0.6 is 0 Å². The molecule has 1 amide bonds. The molecule has 1 aliphatic heterocycles. The third-order valence-electron chi connectivity index (χ3n) is 5.40. The van der Waals surface area contributed by atoms with Gasteiger partial charge in [0.1, 0.15) is 11.5 Å². The average molecular weight is 428 g/mol. The molecule has 1 fully saturated rings. The third kappa shape index (κ3) is 6.80. The Morgan fingerprint density at radius 3 is 2.22 bits per heavy atom. The maximum Gasteiger partial charge on any atom is 0.238 e. The fourth-order valence-corrected chi connectivity index (χ4v) is 3.70. The van der Waals surface area contributed by atoms with E-state index < -0.39 is 0 Å². The Morgan fingerprint density at radius 1 is 0.812 bits per heavy atom. The Bertz CT molecular complexity index is 1010. The standard InChI is InChI=1S/C27H29N3O2/c31-27(28-24-12-7-15-26(21-24)32-25-13-5-2-6-14-25)22-30-19-17-29(18-20-30)16-8-11-23-9-3-1-4-10-23/h1-15,21H,16-20,22H2,(H,28,31)/b11-8+. The number of benzene rings is 3. The van der Waals surface area contributed by atoms with Crippen LogP contribution in [0.25, 0.3) is 6.08 Å². The van der Waals surface area contributed by atoms with Crippen LogP contribution in [0.5, 0.6) is 11.5 Å². The van der Waals surface area contributed by atoms with Gasteiger partial charge >= 0.3 is 0 Å². The number of carbonyl (C=O) groups is 1. The summed E-state index contributed by atoms with van der Waals surface area (Å²) in [5.41, 5.74) is 1.97. The SMILES string of the molecule is O=C(CN1CCN(C/C=C/c2ccccc2)CC1)Nc1cccc(Oc2ccccc2)c1. The molecule has 0 aliphatic carbocycles. The quantitative estimate of drug-likeness (QED) is 0.564. The Kier molecular flexibility index (Phi) is 7.69. The number of ether oxygens (including phenoxy) is 1. The van der Waals surface area contributed by atoms with Crippen LogP contribution in [0.3, 0.4) is 0 Å². The van der Waals surface area contributed by atoms with Gasteiger partial charge in [-0.3, -0.25) is 14.6 Å². The highest BCUT2D eigenvalue weighted by Gasteiger charge is 2.18. The van der Waals surface area contributed by atoms with Gasteiger partial charge in [0.15, 0.2) is 0 Å². The number of para-hydroxylation sites is 1. The Balaban J connectivity index is 1.20. The van der Waals surface area contributed by atoms with E-state index in [1.54, 1.807) is 0 Å². The molecule has 0 unspecified atom stereocenters. The van der Waals surface area contributed by atoms with Gasteiger partial charge in [0.2, 0.25) is 5.91 Å². The molecule has 164 valence electrons. The lowest BCUT2D eigenvalue weighted by molar-refractivity contribution is -0.117. The molecule has 0 saturated carbocycles. The van der Waals surface area contributed by atoms with E-state index in [0.29, 0.717) is 12.3 Å². The van der Waals surface area contributed by atoms with Crippen molar-refractivity contribution in [1.82, 2.24) is 9.80 Å². The van der Waals surface area contributed by atoms with Crippen LogP contribution in [-0.2, 0) is 4.79 Å². The first-order chi connectivity index (χ1) is 15.7. The van der Waals surface area contributed by atoms with E-state index in [1.165, 1.54) is 5.56 Å². The summed E-state index contributed by atoms with van der Waals surface area (Å²) < 4.78 is 5.85. The largest absolute Gasteiger partial charge is 0.457 e. The van der Waals surface area contributed by atoms with E-state index >= 15 is 0 Å². The minimum absolute atomic E-state index is 0.000662. The number of carbonyl (C=O) groups excluding carboxylic acids is 1. The van der Waals surface area contributed by atoms with Gasteiger partial charge in [-0.2, -0.15) is 0 Å². The molecular formula is C27H29N3O2. The second-order valence-electron chi connectivity index (χ2n) is 7.88. The van der Waals surface area contributed by atoms with Gasteiger partial charge < -0.3 is 10.1 Å². The second-order valence-corrected chi connectivity index (χ2v) is 7.88. The molecule has 1 saturated heterocycles. The zero-order chi connectivity index (χ0) is 22.0. The number of hydrogen-bond acceptors (Lipinski definition) is 4. The molecule has 0 bridgehead atoms. The molecule has 0 aromatic heterocycles. The van der Waals surface area contributed by atoms with Crippen LogP contribution in [0.15, 0.2) is 91.0 Å². The topological polar surface area (TPSA) is 44.8 Å². The fourth-order valence-electron chi connectivity index (χ4n) is 3.70. The zero-order valence-electron chi connectivity index (χ0n) is 18.2. The number of hydrogen-bond donors (Lipinski definition) is 1. The highest BCUT2D eigenvalue weighted by atomic mass is 16.5. The van der Waals surface area contributed by atoms with E-state index in [1.807, 2.05) is 60.7 Å². The van der Waals surface area contributed by atoms with Gasteiger partial charge in [0.05, 0.1) is 6.54 Å². The molecule has 1 aliphatic rings. The summed E-state index contributed by atoms with van der Waals surface area (Å²) in [4.78, 5) is 17.2. The molecule has 5 nitrogen and oxygen atoms in total. The number of nitrogens with zero attached hydrogens (tertiary/aromatic N) is 2. The van der Waals surface area contributed by atoms with Crippen LogP contribution in [-0.4, -0.2) is 55.0 Å². The first kappa shape index (κ1) is 21.8. The van der Waals surface area contributed by atoms with Gasteiger partial charge in [-0.05, 0) is 29.8 Å². The smallest absolute Gasteiger partial charge is 0.238 e. The molecule has 1 N–H and O–H groups in total. The van der Waals surface area contributed by atoms with Crippen molar-refractivity contribution in [3.63, 3.8) is 0 Å². The van der Waals surface area contributed by atoms with Crippen molar-refractivity contribution in [3.8, 4) is 11.5 Å². The number of nitrogens with one attached hydrogen (secondary N) is 1. The summed E-state index contributed by atoms with van der Waals surface area (Å²) in [6.07, 6.45) is 4.37. The number of rotatable bonds is 8. The van der Waals surface area contributed by atoms with Gasteiger partial charge in [-0.1, -0.05) is 66.7 Å². The summed E-state index contributed by atoms with van der Waals surface area (Å²) in [6, 6.07) is 27.5. The molecule has 0 atom stereocenters. The van der Waals surface area contributed by atoms with Crippen molar-refractivity contribution in [3.05, 3.63) is 96.6 Å². The molecule has 5 heteroatoms. The molecule has 1 heterocycles. The van der Waals surface area contributed by atoms with E-state index in [0.717, 1.165) is 44.2 Å². The first-order valence-corrected chi connectivity index (χ1v) is 11.0. The fraction of sp³-hybridized carbons (Fsp3) is 0.222. The predicted molar refractivity (Wildman–Crippen MR) is 130 cm³/mol. The normalized spacial score (nSPS) is 15.0. The second kappa shape index (κ2) is 11.3. The van der Waals surface area contributed by atoms with Crippen LogP contribution in [0, 0.1) is 0 Å². The van der Waals surface area contributed by atoms with E-state index in [4.69, 9.17) is 4.74 Å². The summed E-state index contributed by atoms with van der Waals surface area (Å²) >= 11 is 0. The molecule has 0 radical (unpaired) electrons. The highest BCUT2D eigenvalue weighted by molar-refractivity contribution is 5.92. The third-order valence-corrected chi connectivity index (χ3v) is 5.40. The van der Waals surface area contributed by atoms with Crippen molar-refractivity contribution in [1.29, 1.82) is 0 Å². The summed E-state index contributed by atoms with van der Waals surface area (Å²) in [7, 11) is 0. The first-order valence-electron chi connectivity index (χ1n) is 11.0. The van der Waals surface area contributed by atoms with Gasteiger partial charge in [-0.25, -0.2) is 0 Å². The maximum atomic E-state index is 12.5. The van der Waals surface area contributed by atoms with Crippen LogP contribution in [0.1, 0.15) is 5.56 Å². The van der Waals surface area contributed by atoms with Crippen molar-refractivity contribution in [2.75, 3.05) is 44.6 Å². The predicted octanol–water partition coefficient (Wildman–Crippen LogP) is 4.75. The molecule has 3 aromatic carbocycles. The van der Waals surface area contributed by atoms with Gasteiger partial charge in [0.25, 0.3) is 0 Å². The van der Waals surface area contributed by atoms with E-state index in [2.05, 4.69) is 51.5 Å². The minimum atomic E-state index is -0.000662. The Labute approximate surface area is 189 Å². The van der Waals surface area contributed by atoms with Crippen molar-refractivity contribution in [2.45, 2.75) is 0 Å². The lowest BCUT2D eigenvalue weighted by Gasteiger charge is -2.33. The molecule has 32 heavy (non-hydrogen) atoms. The van der Waals surface area contributed by atoms with Gasteiger partial charge in [0, 0.05) is 44.5 Å². The maximum absolute atomic E-state index is 12.5. The van der Waals surface area contributed by atoms with Crippen LogP contribution < -0.4 is 10.1 Å². The van der Waals surface area contributed by atoms with Crippen LogP contribution in [0.2, 0.25) is 0 Å². The van der Waals surface area contributed by atoms with Gasteiger partial charge in [-0.15, -0.1) is 0 Å². The molecule has 4 rings (SSSR count). The van der Waals surface area contributed by atoms with Crippen molar-refractivity contribution < 1.29 is 9.53 Å². The Hall–Kier alpha value is -3.41. The number of amides is 1. The Morgan fingerprint density at radius 2 is 1.47 bits per heavy atom. The lowest BCUT2D eigenvalue weighted by atomic mass is 10.2. The monoisotopic (exact) mass is 427 g/mol. The van der Waals surface area contributed by atoms with E-state index in [-0.39, 0.29) is 5.91 Å². The van der Waals surface area contributed by atoms with Crippen molar-refractivity contribution >= 4 is 17.7 Å². The minimum Gasteiger partial charge on any atom is -0.457 e. The molecule has 3 aromatic rings. The van der Waals surface area contributed by atoms with Crippen LogP contribution in [0.4, 0.5) is 5.69 Å². The molecular weight excluding hydrogens is 398 g/mol. The zero-order valence-corrected chi connectivity index (χ0v) is 18.2. The number of anilines is 1. The average Bonchev–Trinajstić information content (AvgIpc) is 2.82. The summed E-state index contributed by atoms with van der Waals surface area (Å²) in [6.45, 7) is 5.05. The highest BCUT2D eigenvalue weighted by Crippen LogP contribution is 2.23.